The summed E-state index contributed by atoms with van der Waals surface area (Å²) >= 11 is 5.77. The first kappa shape index (κ1) is 21.5. The zero-order valence-electron chi connectivity index (χ0n) is 15.2. The summed E-state index contributed by atoms with van der Waals surface area (Å²) in [5.74, 6) is -0.964. The van der Waals surface area contributed by atoms with Gasteiger partial charge in [0, 0.05) is 10.7 Å². The zero-order valence-corrected chi connectivity index (χ0v) is 16.8. The number of anilines is 2. The topological polar surface area (TPSA) is 84.5 Å². The van der Waals surface area contributed by atoms with Crippen LogP contribution >= 0.6 is 11.6 Å². The molecule has 0 aliphatic rings. The van der Waals surface area contributed by atoms with Gasteiger partial charge >= 0.3 is 6.61 Å². The van der Waals surface area contributed by atoms with Crippen molar-refractivity contribution in [3.8, 4) is 5.75 Å². The van der Waals surface area contributed by atoms with Crippen LogP contribution in [0, 0.1) is 0 Å². The second kappa shape index (κ2) is 9.10. The third-order valence-corrected chi connectivity index (χ3v) is 5.49. The Hall–Kier alpha value is -3.17. The third-order valence-electron chi connectivity index (χ3n) is 3.84. The molecule has 0 unspecified atom stereocenters. The van der Waals surface area contributed by atoms with Crippen LogP contribution in [0.5, 0.6) is 5.75 Å². The Morgan fingerprint density at radius 1 is 0.933 bits per heavy atom. The molecule has 0 heterocycles. The highest BCUT2D eigenvalue weighted by Crippen LogP contribution is 2.24. The van der Waals surface area contributed by atoms with E-state index in [9.17, 15) is 22.0 Å². The van der Waals surface area contributed by atoms with Crippen molar-refractivity contribution >= 4 is 38.9 Å². The number of amides is 1. The number of alkyl halides is 2. The average molecular weight is 453 g/mol. The maximum Gasteiger partial charge on any atom is 0.387 e. The van der Waals surface area contributed by atoms with Gasteiger partial charge in [0.15, 0.2) is 0 Å². The summed E-state index contributed by atoms with van der Waals surface area (Å²) in [5.41, 5.74) is 0.355. The number of nitrogens with one attached hydrogen (secondary N) is 2. The van der Waals surface area contributed by atoms with E-state index in [1.165, 1.54) is 72.8 Å². The maximum atomic E-state index is 12.5. The highest BCUT2D eigenvalue weighted by molar-refractivity contribution is 7.92. The average Bonchev–Trinajstić information content (AvgIpc) is 2.68. The van der Waals surface area contributed by atoms with Gasteiger partial charge in [0.2, 0.25) is 0 Å². The maximum absolute atomic E-state index is 12.5. The minimum atomic E-state index is -3.87. The van der Waals surface area contributed by atoms with Crippen LogP contribution in [0.25, 0.3) is 0 Å². The Morgan fingerprint density at radius 3 is 2.30 bits per heavy atom. The summed E-state index contributed by atoms with van der Waals surface area (Å²) < 4.78 is 56.8. The lowest BCUT2D eigenvalue weighted by Crippen LogP contribution is -2.16. The van der Waals surface area contributed by atoms with Crippen LogP contribution in [0.1, 0.15) is 10.4 Å². The number of carbonyl (C=O) groups excluding carboxylic acids is 1. The minimum absolute atomic E-state index is 0.0133. The van der Waals surface area contributed by atoms with Crippen LogP contribution in [0.15, 0.2) is 77.7 Å². The van der Waals surface area contributed by atoms with Crippen LogP contribution in [-0.4, -0.2) is 20.9 Å². The van der Waals surface area contributed by atoms with E-state index in [1.54, 1.807) is 0 Å². The predicted octanol–water partition coefficient (Wildman–Crippen LogP) is 4.99. The quantitative estimate of drug-likeness (QED) is 0.528. The number of carbonyl (C=O) groups is 1. The fourth-order valence-electron chi connectivity index (χ4n) is 2.54. The Balaban J connectivity index is 1.78. The van der Waals surface area contributed by atoms with E-state index in [0.717, 1.165) is 0 Å². The molecule has 10 heteroatoms. The van der Waals surface area contributed by atoms with Crippen LogP contribution in [0.3, 0.4) is 0 Å². The Labute approximate surface area is 176 Å². The molecule has 0 saturated heterocycles. The Morgan fingerprint density at radius 2 is 1.60 bits per heavy atom. The number of hydrogen-bond acceptors (Lipinski definition) is 4. The molecule has 0 aliphatic carbocycles. The molecule has 156 valence electrons. The van der Waals surface area contributed by atoms with Crippen molar-refractivity contribution in [3.05, 3.63) is 83.4 Å². The summed E-state index contributed by atoms with van der Waals surface area (Å²) in [4.78, 5) is 12.5. The van der Waals surface area contributed by atoms with E-state index in [1.807, 2.05) is 0 Å². The van der Waals surface area contributed by atoms with Gasteiger partial charge in [0.25, 0.3) is 15.9 Å². The molecular formula is C20H15ClF2N2O4S. The molecule has 30 heavy (non-hydrogen) atoms. The van der Waals surface area contributed by atoms with Gasteiger partial charge in [-0.15, -0.1) is 0 Å². The third kappa shape index (κ3) is 5.46. The number of sulfonamides is 1. The van der Waals surface area contributed by atoms with Crippen molar-refractivity contribution in [3.63, 3.8) is 0 Å². The van der Waals surface area contributed by atoms with Gasteiger partial charge in [0.05, 0.1) is 16.1 Å². The standard InChI is InChI=1S/C20H15ClF2N2O4S/c21-13-8-10-16(11-9-13)30(27,28)25-15-5-3-4-14(12-15)24-19(26)17-6-1-2-7-18(17)29-20(22)23/h1-12,20,25H,(H,24,26). The lowest BCUT2D eigenvalue weighted by atomic mass is 10.2. The highest BCUT2D eigenvalue weighted by Gasteiger charge is 2.17. The van der Waals surface area contributed by atoms with Gasteiger partial charge < -0.3 is 10.1 Å². The van der Waals surface area contributed by atoms with Gasteiger partial charge in [-0.05, 0) is 54.6 Å². The van der Waals surface area contributed by atoms with Crippen molar-refractivity contribution in [1.82, 2.24) is 0 Å². The van der Waals surface area contributed by atoms with Gasteiger partial charge in [-0.3, -0.25) is 9.52 Å². The first-order valence-corrected chi connectivity index (χ1v) is 10.3. The number of para-hydroxylation sites is 1. The van der Waals surface area contributed by atoms with E-state index in [0.29, 0.717) is 5.02 Å². The smallest absolute Gasteiger partial charge is 0.387 e. The fourth-order valence-corrected chi connectivity index (χ4v) is 3.72. The van der Waals surface area contributed by atoms with Gasteiger partial charge in [-0.1, -0.05) is 29.8 Å². The van der Waals surface area contributed by atoms with Gasteiger partial charge in [-0.2, -0.15) is 8.78 Å². The fraction of sp³-hybridized carbons (Fsp3) is 0.0500. The summed E-state index contributed by atoms with van der Waals surface area (Å²) in [5, 5.41) is 2.93. The molecule has 3 rings (SSSR count). The molecule has 0 fully saturated rings. The second-order valence-electron chi connectivity index (χ2n) is 5.97. The van der Waals surface area contributed by atoms with Crippen molar-refractivity contribution < 1.29 is 26.7 Å². The van der Waals surface area contributed by atoms with Crippen LogP contribution < -0.4 is 14.8 Å². The molecular weight excluding hydrogens is 438 g/mol. The molecule has 0 radical (unpaired) electrons. The number of hydrogen-bond donors (Lipinski definition) is 2. The van der Waals surface area contributed by atoms with E-state index < -0.39 is 22.5 Å². The lowest BCUT2D eigenvalue weighted by Gasteiger charge is -2.12. The SMILES string of the molecule is O=C(Nc1cccc(NS(=O)(=O)c2ccc(Cl)cc2)c1)c1ccccc1OC(F)F. The number of ether oxygens (including phenoxy) is 1. The first-order valence-electron chi connectivity index (χ1n) is 8.48. The first-order chi connectivity index (χ1) is 14.2. The second-order valence-corrected chi connectivity index (χ2v) is 8.09. The Bertz CT molecular complexity index is 1160. The van der Waals surface area contributed by atoms with Crippen LogP contribution in [0.2, 0.25) is 5.02 Å². The normalized spacial score (nSPS) is 11.2. The van der Waals surface area contributed by atoms with Crippen molar-refractivity contribution in [2.24, 2.45) is 0 Å². The Kier molecular flexibility index (Phi) is 6.53. The van der Waals surface area contributed by atoms with E-state index in [-0.39, 0.29) is 27.6 Å². The molecule has 6 nitrogen and oxygen atoms in total. The van der Waals surface area contributed by atoms with Gasteiger partial charge in [0.1, 0.15) is 5.75 Å². The van der Waals surface area contributed by atoms with Crippen molar-refractivity contribution in [2.75, 3.05) is 10.0 Å². The van der Waals surface area contributed by atoms with Gasteiger partial charge in [-0.25, -0.2) is 8.42 Å². The lowest BCUT2D eigenvalue weighted by molar-refractivity contribution is -0.0501. The zero-order chi connectivity index (χ0) is 21.7. The van der Waals surface area contributed by atoms with Crippen molar-refractivity contribution in [2.45, 2.75) is 11.5 Å². The summed E-state index contributed by atoms with van der Waals surface area (Å²) in [7, 11) is -3.87. The van der Waals surface area contributed by atoms with Crippen molar-refractivity contribution in [1.29, 1.82) is 0 Å². The number of halogens is 3. The van der Waals surface area contributed by atoms with E-state index >= 15 is 0 Å². The van der Waals surface area contributed by atoms with Crippen LogP contribution in [-0.2, 0) is 10.0 Å². The number of rotatable bonds is 7. The monoisotopic (exact) mass is 452 g/mol. The molecule has 2 N–H and O–H groups in total. The molecule has 1 amide bonds. The molecule has 3 aromatic carbocycles. The molecule has 0 aliphatic heterocycles. The largest absolute Gasteiger partial charge is 0.434 e. The van der Waals surface area contributed by atoms with E-state index in [4.69, 9.17) is 11.6 Å². The number of benzene rings is 3. The minimum Gasteiger partial charge on any atom is -0.434 e. The molecule has 0 spiro atoms. The molecule has 0 saturated carbocycles. The van der Waals surface area contributed by atoms with E-state index in [2.05, 4.69) is 14.8 Å². The molecule has 0 aromatic heterocycles. The summed E-state index contributed by atoms with van der Waals surface area (Å²) in [6.45, 7) is -3.08. The predicted molar refractivity (Wildman–Crippen MR) is 110 cm³/mol. The summed E-state index contributed by atoms with van der Waals surface area (Å²) in [6, 6.07) is 17.1. The molecule has 3 aromatic rings. The molecule has 0 bridgehead atoms. The highest BCUT2D eigenvalue weighted by atomic mass is 35.5. The van der Waals surface area contributed by atoms with Crippen LogP contribution in [0.4, 0.5) is 20.2 Å². The molecule has 0 atom stereocenters. The summed E-state index contributed by atoms with van der Waals surface area (Å²) in [6.07, 6.45) is 0.